The predicted octanol–water partition coefficient (Wildman–Crippen LogP) is 1.43. The van der Waals surface area contributed by atoms with E-state index in [0.29, 0.717) is 17.8 Å². The zero-order valence-electron chi connectivity index (χ0n) is 9.05. The van der Waals surface area contributed by atoms with Crippen molar-refractivity contribution < 1.29 is 4.79 Å². The molecule has 0 bridgehead atoms. The largest absolute Gasteiger partial charge is 0.382 e. The van der Waals surface area contributed by atoms with Gasteiger partial charge in [0, 0.05) is 19.7 Å². The zero-order chi connectivity index (χ0) is 11.5. The van der Waals surface area contributed by atoms with Gasteiger partial charge >= 0.3 is 0 Å². The molecule has 82 valence electrons. The number of hydrogen-bond donors (Lipinski definition) is 1. The van der Waals surface area contributed by atoms with Crippen molar-refractivity contribution in [1.29, 1.82) is 0 Å². The summed E-state index contributed by atoms with van der Waals surface area (Å²) in [5.74, 6) is 0.292. The van der Waals surface area contributed by atoms with Gasteiger partial charge < -0.3 is 5.73 Å². The molecule has 0 unspecified atom stereocenters. The Morgan fingerprint density at radius 2 is 2.06 bits per heavy atom. The highest BCUT2D eigenvalue weighted by molar-refractivity contribution is 6.01. The molecule has 16 heavy (non-hydrogen) atoms. The molecule has 0 atom stereocenters. The van der Waals surface area contributed by atoms with E-state index in [1.165, 1.54) is 0 Å². The Labute approximate surface area is 93.7 Å². The van der Waals surface area contributed by atoms with Crippen LogP contribution in [0, 0.1) is 0 Å². The number of nitrogen functional groups attached to an aromatic ring is 1. The Morgan fingerprint density at radius 1 is 1.38 bits per heavy atom. The van der Waals surface area contributed by atoms with Crippen LogP contribution in [0.15, 0.2) is 36.5 Å². The summed E-state index contributed by atoms with van der Waals surface area (Å²) >= 11 is 0. The third kappa shape index (κ3) is 2.11. The zero-order valence-corrected chi connectivity index (χ0v) is 9.05. The van der Waals surface area contributed by atoms with Crippen molar-refractivity contribution in [2.75, 3.05) is 5.73 Å². The molecule has 4 nitrogen and oxygen atoms in total. The molecule has 2 rings (SSSR count). The molecular formula is C12H13N3O. The van der Waals surface area contributed by atoms with Crippen LogP contribution in [0.3, 0.4) is 0 Å². The number of nitrogens with zero attached hydrogens (tertiary/aromatic N) is 2. The first kappa shape index (κ1) is 10.4. The number of carbonyl (C=O) groups is 1. The van der Waals surface area contributed by atoms with Gasteiger partial charge in [-0.15, -0.1) is 0 Å². The molecule has 0 aliphatic carbocycles. The number of aromatic nitrogens is 2. The molecule has 0 aliphatic rings. The van der Waals surface area contributed by atoms with Crippen LogP contribution in [-0.4, -0.2) is 15.6 Å². The van der Waals surface area contributed by atoms with Crippen molar-refractivity contribution in [2.45, 2.75) is 6.42 Å². The molecule has 0 saturated heterocycles. The highest BCUT2D eigenvalue weighted by Crippen LogP contribution is 2.12. The normalized spacial score (nSPS) is 10.3. The monoisotopic (exact) mass is 215 g/mol. The lowest BCUT2D eigenvalue weighted by molar-refractivity contribution is 0.0993. The van der Waals surface area contributed by atoms with Crippen LogP contribution in [0.1, 0.15) is 15.9 Å². The minimum absolute atomic E-state index is 0.00296. The molecule has 2 aromatic rings. The van der Waals surface area contributed by atoms with Gasteiger partial charge in [0.1, 0.15) is 0 Å². The van der Waals surface area contributed by atoms with Crippen LogP contribution < -0.4 is 5.73 Å². The van der Waals surface area contributed by atoms with E-state index in [1.807, 2.05) is 30.3 Å². The van der Waals surface area contributed by atoms with Crippen LogP contribution >= 0.6 is 0 Å². The molecular weight excluding hydrogens is 202 g/mol. The van der Waals surface area contributed by atoms with E-state index in [1.54, 1.807) is 17.9 Å². The molecule has 4 heteroatoms. The van der Waals surface area contributed by atoms with E-state index < -0.39 is 0 Å². The smallest absolute Gasteiger partial charge is 0.172 e. The summed E-state index contributed by atoms with van der Waals surface area (Å²) in [6, 6.07) is 9.59. The molecule has 0 saturated carbocycles. The van der Waals surface area contributed by atoms with Crippen molar-refractivity contribution in [1.82, 2.24) is 9.78 Å². The average Bonchev–Trinajstić information content (AvgIpc) is 2.59. The van der Waals surface area contributed by atoms with Gasteiger partial charge in [0.05, 0.1) is 5.56 Å². The first-order valence-electron chi connectivity index (χ1n) is 5.03. The van der Waals surface area contributed by atoms with Crippen molar-refractivity contribution in [3.05, 3.63) is 47.7 Å². The van der Waals surface area contributed by atoms with E-state index in [2.05, 4.69) is 5.10 Å². The molecule has 0 fully saturated rings. The maximum Gasteiger partial charge on any atom is 0.172 e. The fourth-order valence-electron chi connectivity index (χ4n) is 1.60. The van der Waals surface area contributed by atoms with Gasteiger partial charge in [-0.25, -0.2) is 0 Å². The second-order valence-electron chi connectivity index (χ2n) is 3.69. The van der Waals surface area contributed by atoms with Gasteiger partial charge in [-0.05, 0) is 5.56 Å². The van der Waals surface area contributed by atoms with Gasteiger partial charge in [0.2, 0.25) is 0 Å². The summed E-state index contributed by atoms with van der Waals surface area (Å²) in [7, 11) is 1.75. The Balaban J connectivity index is 2.18. The third-order valence-corrected chi connectivity index (χ3v) is 2.37. The van der Waals surface area contributed by atoms with Crippen LogP contribution in [0.2, 0.25) is 0 Å². The van der Waals surface area contributed by atoms with E-state index >= 15 is 0 Å². The van der Waals surface area contributed by atoms with E-state index in [-0.39, 0.29) is 5.78 Å². The van der Waals surface area contributed by atoms with Gasteiger partial charge in [-0.3, -0.25) is 9.48 Å². The maximum atomic E-state index is 11.9. The standard InChI is InChI=1S/C12H13N3O/c1-15-8-10(12(13)14-15)11(16)7-9-5-3-2-4-6-9/h2-6,8H,7H2,1H3,(H2,13,14). The molecule has 0 amide bonds. The first-order chi connectivity index (χ1) is 7.66. The summed E-state index contributed by atoms with van der Waals surface area (Å²) in [4.78, 5) is 11.9. The quantitative estimate of drug-likeness (QED) is 0.788. The van der Waals surface area contributed by atoms with Crippen LogP contribution in [-0.2, 0) is 13.5 Å². The molecule has 1 aromatic heterocycles. The summed E-state index contributed by atoms with van der Waals surface area (Å²) in [5.41, 5.74) is 7.12. The van der Waals surface area contributed by atoms with E-state index in [9.17, 15) is 4.79 Å². The molecule has 2 N–H and O–H groups in total. The fourth-order valence-corrected chi connectivity index (χ4v) is 1.60. The van der Waals surface area contributed by atoms with Gasteiger partial charge in [-0.2, -0.15) is 5.10 Å². The molecule has 0 aliphatic heterocycles. The molecule has 0 spiro atoms. The summed E-state index contributed by atoms with van der Waals surface area (Å²) in [5, 5.41) is 3.95. The maximum absolute atomic E-state index is 11.9. The van der Waals surface area contributed by atoms with Gasteiger partial charge in [0.15, 0.2) is 11.6 Å². The van der Waals surface area contributed by atoms with E-state index in [4.69, 9.17) is 5.73 Å². The van der Waals surface area contributed by atoms with Crippen molar-refractivity contribution >= 4 is 11.6 Å². The minimum atomic E-state index is -0.00296. The summed E-state index contributed by atoms with van der Waals surface area (Å²) in [6.45, 7) is 0. The molecule has 0 radical (unpaired) electrons. The Bertz CT molecular complexity index is 502. The molecule has 1 heterocycles. The van der Waals surface area contributed by atoms with Crippen molar-refractivity contribution in [3.63, 3.8) is 0 Å². The van der Waals surface area contributed by atoms with Crippen molar-refractivity contribution in [2.24, 2.45) is 7.05 Å². The average molecular weight is 215 g/mol. The predicted molar refractivity (Wildman–Crippen MR) is 62.1 cm³/mol. The van der Waals surface area contributed by atoms with Crippen LogP contribution in [0.4, 0.5) is 5.82 Å². The number of hydrogen-bond acceptors (Lipinski definition) is 3. The lowest BCUT2D eigenvalue weighted by Crippen LogP contribution is -2.05. The van der Waals surface area contributed by atoms with E-state index in [0.717, 1.165) is 5.56 Å². The Kier molecular flexibility index (Phi) is 2.72. The second kappa shape index (κ2) is 4.18. The molecule has 1 aromatic carbocycles. The fraction of sp³-hybridized carbons (Fsp3) is 0.167. The third-order valence-electron chi connectivity index (χ3n) is 2.37. The number of nitrogens with two attached hydrogens (primary N) is 1. The summed E-state index contributed by atoms with van der Waals surface area (Å²) in [6.07, 6.45) is 2.01. The Morgan fingerprint density at radius 3 is 2.62 bits per heavy atom. The minimum Gasteiger partial charge on any atom is -0.382 e. The van der Waals surface area contributed by atoms with Crippen molar-refractivity contribution in [3.8, 4) is 0 Å². The number of rotatable bonds is 3. The topological polar surface area (TPSA) is 60.9 Å². The number of Topliss-reactive ketones (excluding diaryl/α,β-unsaturated/α-hetero) is 1. The highest BCUT2D eigenvalue weighted by Gasteiger charge is 2.13. The number of aryl methyl sites for hydroxylation is 1. The second-order valence-corrected chi connectivity index (χ2v) is 3.69. The summed E-state index contributed by atoms with van der Waals surface area (Å²) < 4.78 is 1.55. The lowest BCUT2D eigenvalue weighted by atomic mass is 10.1. The number of ketones is 1. The van der Waals surface area contributed by atoms with Crippen LogP contribution in [0.25, 0.3) is 0 Å². The number of anilines is 1. The van der Waals surface area contributed by atoms with Gasteiger partial charge in [0.25, 0.3) is 0 Å². The lowest BCUT2D eigenvalue weighted by Gasteiger charge is -1.99. The highest BCUT2D eigenvalue weighted by atomic mass is 16.1. The SMILES string of the molecule is Cn1cc(C(=O)Cc2ccccc2)c(N)n1. The van der Waals surface area contributed by atoms with Crippen LogP contribution in [0.5, 0.6) is 0 Å². The van der Waals surface area contributed by atoms with Gasteiger partial charge in [-0.1, -0.05) is 30.3 Å². The first-order valence-corrected chi connectivity index (χ1v) is 5.03. The number of carbonyl (C=O) groups excluding carboxylic acids is 1. The number of benzene rings is 1. The Hall–Kier alpha value is -2.10.